The Bertz CT molecular complexity index is 944. The number of halogens is 1. The quantitative estimate of drug-likeness (QED) is 0.511. The second-order valence-corrected chi connectivity index (χ2v) is 7.67. The molecule has 9 heteroatoms. The van der Waals surface area contributed by atoms with E-state index >= 15 is 0 Å². The predicted molar refractivity (Wildman–Crippen MR) is 105 cm³/mol. The zero-order valence-corrected chi connectivity index (χ0v) is 16.4. The van der Waals surface area contributed by atoms with Crippen LogP contribution in [0.25, 0.3) is 0 Å². The maximum atomic E-state index is 13.0. The minimum absolute atomic E-state index is 0.0963. The van der Waals surface area contributed by atoms with Gasteiger partial charge in [-0.3, -0.25) is 4.79 Å². The molecular weight excluding hydrogens is 385 g/mol. The molecule has 28 heavy (non-hydrogen) atoms. The lowest BCUT2D eigenvalue weighted by molar-refractivity contribution is -0.120. The number of nitrogens with zero attached hydrogens (tertiary/aromatic N) is 2. The van der Waals surface area contributed by atoms with Gasteiger partial charge in [-0.2, -0.15) is 4.31 Å². The van der Waals surface area contributed by atoms with Gasteiger partial charge in [0.2, 0.25) is 10.0 Å². The third kappa shape index (κ3) is 5.86. The van der Waals surface area contributed by atoms with Crippen molar-refractivity contribution in [1.29, 1.82) is 0 Å². The number of carbonyl (C=O) groups excluding carboxylic acids is 1. The van der Waals surface area contributed by atoms with Gasteiger partial charge in [-0.1, -0.05) is 37.2 Å². The largest absolute Gasteiger partial charge is 0.386 e. The van der Waals surface area contributed by atoms with Crippen molar-refractivity contribution in [3.05, 3.63) is 59.9 Å². The number of benzene rings is 2. The molecule has 0 spiro atoms. The molecule has 1 amide bonds. The first kappa shape index (κ1) is 21.5. The summed E-state index contributed by atoms with van der Waals surface area (Å²) < 4.78 is 39.5. The highest BCUT2D eigenvalue weighted by Gasteiger charge is 2.21. The molecule has 0 aliphatic rings. The van der Waals surface area contributed by atoms with Crippen molar-refractivity contribution in [3.63, 3.8) is 0 Å². The number of anilines is 1. The van der Waals surface area contributed by atoms with E-state index in [0.717, 1.165) is 0 Å². The monoisotopic (exact) mass is 407 g/mol. The molecule has 2 aromatic rings. The molecular formula is C19H22FN3O4S. The molecule has 0 saturated carbocycles. The standard InChI is InChI=1S/C19H22FN3O4S/c1-3-23(4-2)28(25,26)18-10-6-9-17(12-18)22-19(24)14-27-21-13-15-7-5-8-16(20)11-15/h5-13H,3-4,14H2,1-2H3,(H,22,24)/b21-13-. The van der Waals surface area contributed by atoms with E-state index in [2.05, 4.69) is 10.5 Å². The molecule has 0 heterocycles. The second kappa shape index (κ2) is 9.95. The highest BCUT2D eigenvalue weighted by molar-refractivity contribution is 7.89. The van der Waals surface area contributed by atoms with Crippen LogP contribution >= 0.6 is 0 Å². The fraction of sp³-hybridized carbons (Fsp3) is 0.263. The fourth-order valence-corrected chi connectivity index (χ4v) is 3.93. The predicted octanol–water partition coefficient (Wildman–Crippen LogP) is 2.85. The van der Waals surface area contributed by atoms with Crippen LogP contribution in [0.15, 0.2) is 58.6 Å². The van der Waals surface area contributed by atoms with E-state index in [-0.39, 0.29) is 11.5 Å². The third-order valence-corrected chi connectivity index (χ3v) is 5.83. The number of nitrogens with one attached hydrogen (secondary N) is 1. The third-order valence-electron chi connectivity index (χ3n) is 3.78. The lowest BCUT2D eigenvalue weighted by Gasteiger charge is -2.18. The number of oxime groups is 1. The molecule has 2 aromatic carbocycles. The van der Waals surface area contributed by atoms with Crippen LogP contribution in [0.3, 0.4) is 0 Å². The van der Waals surface area contributed by atoms with Crippen LogP contribution in [-0.2, 0) is 19.7 Å². The Kier molecular flexibility index (Phi) is 7.65. The van der Waals surface area contributed by atoms with Crippen LogP contribution < -0.4 is 5.32 Å². The van der Waals surface area contributed by atoms with E-state index in [0.29, 0.717) is 24.3 Å². The maximum absolute atomic E-state index is 13.0. The first-order chi connectivity index (χ1) is 13.4. The summed E-state index contributed by atoms with van der Waals surface area (Å²) in [6, 6.07) is 11.7. The Morgan fingerprint density at radius 2 is 1.89 bits per heavy atom. The number of sulfonamides is 1. The van der Waals surface area contributed by atoms with Crippen LogP contribution in [0.2, 0.25) is 0 Å². The van der Waals surface area contributed by atoms with Crippen molar-refractivity contribution in [3.8, 4) is 0 Å². The van der Waals surface area contributed by atoms with Gasteiger partial charge in [0.25, 0.3) is 5.91 Å². The summed E-state index contributed by atoms with van der Waals surface area (Å²) in [7, 11) is -3.62. The van der Waals surface area contributed by atoms with Gasteiger partial charge in [-0.15, -0.1) is 0 Å². The van der Waals surface area contributed by atoms with Gasteiger partial charge in [-0.25, -0.2) is 12.8 Å². The van der Waals surface area contributed by atoms with Crippen LogP contribution in [0.4, 0.5) is 10.1 Å². The van der Waals surface area contributed by atoms with Crippen molar-refractivity contribution in [1.82, 2.24) is 4.31 Å². The summed E-state index contributed by atoms with van der Waals surface area (Å²) >= 11 is 0. The average molecular weight is 407 g/mol. The normalized spacial score (nSPS) is 11.7. The molecule has 0 radical (unpaired) electrons. The minimum atomic E-state index is -3.62. The fourth-order valence-electron chi connectivity index (χ4n) is 2.42. The molecule has 0 aromatic heterocycles. The molecule has 1 N–H and O–H groups in total. The average Bonchev–Trinajstić information content (AvgIpc) is 2.66. The molecule has 2 rings (SSSR count). The highest BCUT2D eigenvalue weighted by Crippen LogP contribution is 2.19. The maximum Gasteiger partial charge on any atom is 0.265 e. The van der Waals surface area contributed by atoms with Gasteiger partial charge in [-0.05, 0) is 35.9 Å². The number of amides is 1. The van der Waals surface area contributed by atoms with Crippen LogP contribution in [0.5, 0.6) is 0 Å². The van der Waals surface area contributed by atoms with E-state index in [9.17, 15) is 17.6 Å². The van der Waals surface area contributed by atoms with Crippen molar-refractivity contribution in [2.45, 2.75) is 18.7 Å². The van der Waals surface area contributed by atoms with Gasteiger partial charge < -0.3 is 10.2 Å². The summed E-state index contributed by atoms with van der Waals surface area (Å²) in [4.78, 5) is 16.9. The van der Waals surface area contributed by atoms with Gasteiger partial charge in [0.05, 0.1) is 11.1 Å². The lowest BCUT2D eigenvalue weighted by atomic mass is 10.2. The molecule has 0 atom stereocenters. The van der Waals surface area contributed by atoms with Crippen LogP contribution in [0.1, 0.15) is 19.4 Å². The summed E-state index contributed by atoms with van der Waals surface area (Å²) in [5.74, 6) is -0.907. The van der Waals surface area contributed by atoms with Gasteiger partial charge in [0, 0.05) is 18.8 Å². The Labute approximate surface area is 163 Å². The zero-order valence-electron chi connectivity index (χ0n) is 15.6. The topological polar surface area (TPSA) is 88.1 Å². The number of carbonyl (C=O) groups is 1. The highest BCUT2D eigenvalue weighted by atomic mass is 32.2. The van der Waals surface area contributed by atoms with Crippen LogP contribution in [-0.4, -0.2) is 44.5 Å². The number of hydrogen-bond acceptors (Lipinski definition) is 5. The van der Waals surface area contributed by atoms with Crippen molar-refractivity contribution >= 4 is 27.8 Å². The van der Waals surface area contributed by atoms with E-state index in [1.807, 2.05) is 0 Å². The first-order valence-corrected chi connectivity index (χ1v) is 10.1. The Balaban J connectivity index is 1.95. The van der Waals surface area contributed by atoms with E-state index in [4.69, 9.17) is 4.84 Å². The molecule has 0 bridgehead atoms. The molecule has 7 nitrogen and oxygen atoms in total. The summed E-state index contributed by atoms with van der Waals surface area (Å²) in [6.07, 6.45) is 1.29. The first-order valence-electron chi connectivity index (χ1n) is 8.67. The number of hydrogen-bond donors (Lipinski definition) is 1. The molecule has 0 aliphatic carbocycles. The van der Waals surface area contributed by atoms with Crippen molar-refractivity contribution in [2.24, 2.45) is 5.16 Å². The van der Waals surface area contributed by atoms with Crippen molar-refractivity contribution in [2.75, 3.05) is 25.0 Å². The SMILES string of the molecule is CCN(CC)S(=O)(=O)c1cccc(NC(=O)CO/N=C\c2cccc(F)c2)c1. The molecule has 0 fully saturated rings. The number of rotatable bonds is 9. The molecule has 150 valence electrons. The lowest BCUT2D eigenvalue weighted by Crippen LogP contribution is -2.30. The summed E-state index contributed by atoms with van der Waals surface area (Å²) in [5, 5.41) is 6.17. The minimum Gasteiger partial charge on any atom is -0.386 e. The molecule has 0 aliphatic heterocycles. The Morgan fingerprint density at radius 3 is 2.57 bits per heavy atom. The van der Waals surface area contributed by atoms with Crippen LogP contribution in [0, 0.1) is 5.82 Å². The van der Waals surface area contributed by atoms with Gasteiger partial charge >= 0.3 is 0 Å². The molecule has 0 unspecified atom stereocenters. The van der Waals surface area contributed by atoms with E-state index in [1.54, 1.807) is 32.0 Å². The molecule has 0 saturated heterocycles. The second-order valence-electron chi connectivity index (χ2n) is 5.73. The summed E-state index contributed by atoms with van der Waals surface area (Å²) in [6.45, 7) is 3.85. The van der Waals surface area contributed by atoms with Gasteiger partial charge in [0.15, 0.2) is 6.61 Å². The Morgan fingerprint density at radius 1 is 1.18 bits per heavy atom. The van der Waals surface area contributed by atoms with E-state index < -0.39 is 21.7 Å². The van der Waals surface area contributed by atoms with Gasteiger partial charge in [0.1, 0.15) is 5.82 Å². The zero-order chi connectivity index (χ0) is 20.6. The smallest absolute Gasteiger partial charge is 0.265 e. The van der Waals surface area contributed by atoms with E-state index in [1.165, 1.54) is 40.9 Å². The summed E-state index contributed by atoms with van der Waals surface area (Å²) in [5.41, 5.74) is 0.825. The Hall–Kier alpha value is -2.78. The van der Waals surface area contributed by atoms with Crippen molar-refractivity contribution < 1.29 is 22.4 Å².